The molecule has 25 heavy (non-hydrogen) atoms. The molecule has 0 aliphatic rings. The van der Waals surface area contributed by atoms with E-state index in [-0.39, 0.29) is 10.5 Å². The SMILES string of the molecule is CCc1nc2cc(C(F)(F)F)c(Cl)cc2n1-c1ccc(CCN)nc1. The number of alkyl halides is 3. The van der Waals surface area contributed by atoms with E-state index in [2.05, 4.69) is 9.97 Å². The van der Waals surface area contributed by atoms with Gasteiger partial charge in [0, 0.05) is 18.5 Å². The van der Waals surface area contributed by atoms with Gasteiger partial charge in [-0.1, -0.05) is 18.5 Å². The minimum absolute atomic E-state index is 0.250. The summed E-state index contributed by atoms with van der Waals surface area (Å²) in [6.45, 7) is 2.39. The fraction of sp³-hybridized carbons (Fsp3) is 0.294. The van der Waals surface area contributed by atoms with E-state index >= 15 is 0 Å². The van der Waals surface area contributed by atoms with E-state index in [1.54, 1.807) is 10.8 Å². The number of aryl methyl sites for hydroxylation is 1. The molecule has 2 N–H and O–H groups in total. The highest BCUT2D eigenvalue weighted by Crippen LogP contribution is 2.37. The molecule has 0 bridgehead atoms. The molecule has 0 atom stereocenters. The van der Waals surface area contributed by atoms with Gasteiger partial charge in [0.05, 0.1) is 33.5 Å². The van der Waals surface area contributed by atoms with Crippen LogP contribution in [0.4, 0.5) is 13.2 Å². The summed E-state index contributed by atoms with van der Waals surface area (Å²) < 4.78 is 41.0. The molecule has 0 saturated carbocycles. The molecular formula is C17H16ClF3N4. The Balaban J connectivity index is 2.18. The second kappa shape index (κ2) is 6.65. The molecule has 3 aromatic rings. The van der Waals surface area contributed by atoms with Gasteiger partial charge in [-0.25, -0.2) is 4.98 Å². The largest absolute Gasteiger partial charge is 0.417 e. The van der Waals surface area contributed by atoms with Crippen LogP contribution in [0.2, 0.25) is 5.02 Å². The lowest BCUT2D eigenvalue weighted by Crippen LogP contribution is -2.06. The van der Waals surface area contributed by atoms with E-state index in [9.17, 15) is 13.2 Å². The second-order valence-corrected chi connectivity index (χ2v) is 5.99. The molecule has 0 amide bonds. The molecular weight excluding hydrogens is 353 g/mol. The van der Waals surface area contributed by atoms with Gasteiger partial charge in [-0.3, -0.25) is 9.55 Å². The number of aromatic nitrogens is 3. The normalized spacial score (nSPS) is 12.1. The van der Waals surface area contributed by atoms with Crippen LogP contribution in [0.3, 0.4) is 0 Å². The van der Waals surface area contributed by atoms with Gasteiger partial charge in [-0.2, -0.15) is 13.2 Å². The van der Waals surface area contributed by atoms with Crippen molar-refractivity contribution >= 4 is 22.6 Å². The van der Waals surface area contributed by atoms with Crippen LogP contribution < -0.4 is 5.73 Å². The van der Waals surface area contributed by atoms with Gasteiger partial charge in [-0.15, -0.1) is 0 Å². The third-order valence-electron chi connectivity index (χ3n) is 3.90. The number of fused-ring (bicyclic) bond motifs is 1. The fourth-order valence-corrected chi connectivity index (χ4v) is 3.00. The monoisotopic (exact) mass is 368 g/mol. The highest BCUT2D eigenvalue weighted by atomic mass is 35.5. The zero-order valence-corrected chi connectivity index (χ0v) is 14.2. The highest BCUT2D eigenvalue weighted by molar-refractivity contribution is 6.32. The van der Waals surface area contributed by atoms with Crippen LogP contribution in [0.5, 0.6) is 0 Å². The van der Waals surface area contributed by atoms with E-state index in [1.165, 1.54) is 6.07 Å². The molecule has 0 spiro atoms. The van der Waals surface area contributed by atoms with Crippen molar-refractivity contribution in [3.8, 4) is 5.69 Å². The lowest BCUT2D eigenvalue weighted by molar-refractivity contribution is -0.137. The molecule has 0 unspecified atom stereocenters. The molecule has 0 radical (unpaired) electrons. The summed E-state index contributed by atoms with van der Waals surface area (Å²) in [7, 11) is 0. The summed E-state index contributed by atoms with van der Waals surface area (Å²) in [5.74, 6) is 0.638. The zero-order valence-electron chi connectivity index (χ0n) is 13.4. The van der Waals surface area contributed by atoms with Crippen molar-refractivity contribution in [1.29, 1.82) is 0 Å². The van der Waals surface area contributed by atoms with Crippen molar-refractivity contribution < 1.29 is 13.2 Å². The standard InChI is InChI=1S/C17H16ClF3N4/c1-2-16-24-14-7-12(17(19,20)21)13(18)8-15(14)25(16)11-4-3-10(5-6-22)23-9-11/h3-4,7-9H,2,5-6,22H2,1H3. The van der Waals surface area contributed by atoms with E-state index in [4.69, 9.17) is 17.3 Å². The minimum atomic E-state index is -4.52. The predicted octanol–water partition coefficient (Wildman–Crippen LogP) is 4.16. The summed E-state index contributed by atoms with van der Waals surface area (Å²) in [6.07, 6.45) is -1.64. The maximum Gasteiger partial charge on any atom is 0.417 e. The molecule has 0 aliphatic carbocycles. The van der Waals surface area contributed by atoms with Crippen LogP contribution in [0, 0.1) is 0 Å². The number of hydrogen-bond donors (Lipinski definition) is 1. The summed E-state index contributed by atoms with van der Waals surface area (Å²) in [5, 5.41) is -0.350. The maximum atomic E-state index is 13.1. The van der Waals surface area contributed by atoms with Gasteiger partial charge in [0.15, 0.2) is 0 Å². The lowest BCUT2D eigenvalue weighted by atomic mass is 10.2. The molecule has 3 rings (SSSR count). The number of hydrogen-bond acceptors (Lipinski definition) is 3. The highest BCUT2D eigenvalue weighted by Gasteiger charge is 2.34. The molecule has 0 fully saturated rings. The Hall–Kier alpha value is -2.12. The van der Waals surface area contributed by atoms with Gasteiger partial charge in [0.25, 0.3) is 0 Å². The first-order valence-electron chi connectivity index (χ1n) is 7.78. The third-order valence-corrected chi connectivity index (χ3v) is 4.21. The van der Waals surface area contributed by atoms with Crippen LogP contribution in [0.25, 0.3) is 16.7 Å². The van der Waals surface area contributed by atoms with Crippen molar-refractivity contribution in [3.63, 3.8) is 0 Å². The molecule has 132 valence electrons. The summed E-state index contributed by atoms with van der Waals surface area (Å²) in [4.78, 5) is 8.68. The average molecular weight is 369 g/mol. The van der Waals surface area contributed by atoms with E-state index in [0.29, 0.717) is 30.7 Å². The first-order valence-corrected chi connectivity index (χ1v) is 8.16. The van der Waals surface area contributed by atoms with Crippen LogP contribution in [-0.4, -0.2) is 21.1 Å². The van der Waals surface area contributed by atoms with Crippen LogP contribution >= 0.6 is 11.6 Å². The number of imidazole rings is 1. The topological polar surface area (TPSA) is 56.7 Å². The van der Waals surface area contributed by atoms with Gasteiger partial charge >= 0.3 is 6.18 Å². The number of halogens is 4. The first-order chi connectivity index (χ1) is 11.8. The van der Waals surface area contributed by atoms with Gasteiger partial charge < -0.3 is 5.73 Å². The van der Waals surface area contributed by atoms with Crippen LogP contribution in [0.1, 0.15) is 24.0 Å². The molecule has 0 aliphatic heterocycles. The number of benzene rings is 1. The van der Waals surface area contributed by atoms with Crippen LogP contribution in [0.15, 0.2) is 30.5 Å². The summed E-state index contributed by atoms with van der Waals surface area (Å²) in [6, 6.07) is 5.99. The Morgan fingerprint density at radius 1 is 1.24 bits per heavy atom. The Kier molecular flexibility index (Phi) is 4.71. The van der Waals surface area contributed by atoms with Crippen molar-refractivity contribution in [2.45, 2.75) is 25.9 Å². The minimum Gasteiger partial charge on any atom is -0.330 e. The molecule has 4 nitrogen and oxygen atoms in total. The smallest absolute Gasteiger partial charge is 0.330 e. The van der Waals surface area contributed by atoms with Gasteiger partial charge in [-0.05, 0) is 30.8 Å². The maximum absolute atomic E-state index is 13.1. The Morgan fingerprint density at radius 2 is 2.00 bits per heavy atom. The molecule has 0 saturated heterocycles. The summed E-state index contributed by atoms with van der Waals surface area (Å²) in [5.41, 5.74) is 6.97. The Labute approximate surface area is 147 Å². The zero-order chi connectivity index (χ0) is 18.2. The van der Waals surface area contributed by atoms with Crippen molar-refractivity contribution in [2.24, 2.45) is 5.73 Å². The van der Waals surface area contributed by atoms with Gasteiger partial charge in [0.2, 0.25) is 0 Å². The van der Waals surface area contributed by atoms with Crippen molar-refractivity contribution in [1.82, 2.24) is 14.5 Å². The molecule has 8 heteroatoms. The number of nitrogens with zero attached hydrogens (tertiary/aromatic N) is 3. The lowest BCUT2D eigenvalue weighted by Gasteiger charge is -2.11. The predicted molar refractivity (Wildman–Crippen MR) is 91.0 cm³/mol. The molecule has 2 heterocycles. The van der Waals surface area contributed by atoms with Crippen molar-refractivity contribution in [2.75, 3.05) is 6.54 Å². The Morgan fingerprint density at radius 3 is 2.56 bits per heavy atom. The Bertz CT molecular complexity index is 901. The average Bonchev–Trinajstić information content (AvgIpc) is 2.92. The van der Waals surface area contributed by atoms with Crippen molar-refractivity contribution in [3.05, 3.63) is 52.6 Å². The third kappa shape index (κ3) is 3.34. The van der Waals surface area contributed by atoms with E-state index in [1.807, 2.05) is 19.1 Å². The quantitative estimate of drug-likeness (QED) is 0.752. The fourth-order valence-electron chi connectivity index (χ4n) is 2.74. The van der Waals surface area contributed by atoms with Gasteiger partial charge in [0.1, 0.15) is 5.82 Å². The molecule has 2 aromatic heterocycles. The number of nitrogens with two attached hydrogens (primary N) is 1. The second-order valence-electron chi connectivity index (χ2n) is 5.58. The summed E-state index contributed by atoms with van der Waals surface area (Å²) >= 11 is 5.88. The number of pyridine rings is 1. The molecule has 1 aromatic carbocycles. The van der Waals surface area contributed by atoms with E-state index < -0.39 is 11.7 Å². The van der Waals surface area contributed by atoms with Crippen LogP contribution in [-0.2, 0) is 19.0 Å². The number of rotatable bonds is 4. The first kappa shape index (κ1) is 17.7. The van der Waals surface area contributed by atoms with E-state index in [0.717, 1.165) is 17.4 Å².